The molecule has 0 radical (unpaired) electrons. The van der Waals surface area contributed by atoms with Gasteiger partial charge in [0.25, 0.3) is 0 Å². The molecule has 9 nitrogen and oxygen atoms in total. The number of hydrogen-bond donors (Lipinski definition) is 2. The van der Waals surface area contributed by atoms with Gasteiger partial charge >= 0.3 is 0 Å². The third-order valence-corrected chi connectivity index (χ3v) is 6.68. The van der Waals surface area contributed by atoms with E-state index < -0.39 is 23.0 Å². The monoisotopic (exact) mass is 461 g/mol. The molecular formula is C23H17F2N7O2. The maximum absolute atomic E-state index is 14.3. The Kier molecular flexibility index (Phi) is 4.10. The molecule has 0 saturated carbocycles. The van der Waals surface area contributed by atoms with Crippen molar-refractivity contribution in [2.45, 2.75) is 25.8 Å². The van der Waals surface area contributed by atoms with Gasteiger partial charge in [0, 0.05) is 5.56 Å². The lowest BCUT2D eigenvalue weighted by atomic mass is 9.71. The Morgan fingerprint density at radius 1 is 1.12 bits per heavy atom. The second-order valence-corrected chi connectivity index (χ2v) is 8.61. The number of benzene rings is 1. The summed E-state index contributed by atoms with van der Waals surface area (Å²) in [5.41, 5.74) is 0.273. The number of amides is 2. The first kappa shape index (κ1) is 20.3. The number of nitrogens with one attached hydrogen (secondary N) is 2. The van der Waals surface area contributed by atoms with E-state index in [2.05, 4.69) is 30.7 Å². The predicted octanol–water partition coefficient (Wildman–Crippen LogP) is 3.01. The SMILES string of the molecule is C[C@H]1C(=O)Nc2nc(-c3nn(Cc4ccccc4F)c4ncc(F)cc34)nc3c2[C@@]1(C)C(=O)N3. The molecule has 3 aromatic heterocycles. The number of carbonyl (C=O) groups excluding carboxylic acids is 2. The number of hydrogen-bond acceptors (Lipinski definition) is 6. The third kappa shape index (κ3) is 2.69. The summed E-state index contributed by atoms with van der Waals surface area (Å²) in [5, 5.41) is 10.3. The minimum Gasteiger partial charge on any atom is -0.310 e. The summed E-state index contributed by atoms with van der Waals surface area (Å²) in [4.78, 5) is 38.5. The van der Waals surface area contributed by atoms with Crippen molar-refractivity contribution < 1.29 is 18.4 Å². The zero-order chi connectivity index (χ0) is 23.8. The number of aromatic nitrogens is 5. The number of rotatable bonds is 3. The van der Waals surface area contributed by atoms with Crippen LogP contribution in [0.3, 0.4) is 0 Å². The lowest BCUT2D eigenvalue weighted by Crippen LogP contribution is -2.47. The van der Waals surface area contributed by atoms with Crippen LogP contribution in [0.15, 0.2) is 36.5 Å². The van der Waals surface area contributed by atoms with Gasteiger partial charge in [-0.2, -0.15) is 5.10 Å². The van der Waals surface area contributed by atoms with Crippen LogP contribution in [0.1, 0.15) is 25.0 Å². The molecule has 0 saturated heterocycles. The van der Waals surface area contributed by atoms with E-state index in [0.717, 1.165) is 6.20 Å². The fourth-order valence-electron chi connectivity index (χ4n) is 4.59. The molecule has 2 aliphatic rings. The maximum Gasteiger partial charge on any atom is 0.237 e. The van der Waals surface area contributed by atoms with Crippen LogP contribution in [0.4, 0.5) is 20.4 Å². The van der Waals surface area contributed by atoms with Crippen LogP contribution < -0.4 is 10.6 Å². The molecule has 0 bridgehead atoms. The van der Waals surface area contributed by atoms with E-state index in [4.69, 9.17) is 0 Å². The molecule has 0 aliphatic carbocycles. The molecule has 0 unspecified atom stereocenters. The molecule has 2 aliphatic heterocycles. The molecule has 1 aromatic carbocycles. The van der Waals surface area contributed by atoms with E-state index in [9.17, 15) is 18.4 Å². The van der Waals surface area contributed by atoms with Crippen molar-refractivity contribution in [3.05, 3.63) is 59.3 Å². The van der Waals surface area contributed by atoms with Crippen LogP contribution in [0.2, 0.25) is 0 Å². The van der Waals surface area contributed by atoms with E-state index >= 15 is 0 Å². The molecule has 2 amide bonds. The normalized spacial score (nSPS) is 20.9. The summed E-state index contributed by atoms with van der Waals surface area (Å²) in [7, 11) is 0. The summed E-state index contributed by atoms with van der Waals surface area (Å²) in [5.74, 6) is -1.78. The summed E-state index contributed by atoms with van der Waals surface area (Å²) >= 11 is 0. The van der Waals surface area contributed by atoms with Crippen molar-refractivity contribution >= 4 is 34.5 Å². The fraction of sp³-hybridized carbons (Fsp3) is 0.217. The molecule has 2 atom stereocenters. The zero-order valence-electron chi connectivity index (χ0n) is 18.1. The van der Waals surface area contributed by atoms with Crippen LogP contribution in [0.5, 0.6) is 0 Å². The summed E-state index contributed by atoms with van der Waals surface area (Å²) in [6, 6.07) is 7.49. The van der Waals surface area contributed by atoms with Gasteiger partial charge in [-0.05, 0) is 19.1 Å². The predicted molar refractivity (Wildman–Crippen MR) is 118 cm³/mol. The van der Waals surface area contributed by atoms with E-state index in [1.165, 1.54) is 16.8 Å². The average molecular weight is 461 g/mol. The second-order valence-electron chi connectivity index (χ2n) is 8.61. The molecule has 0 fully saturated rings. The number of halogens is 2. The van der Waals surface area contributed by atoms with E-state index in [1.54, 1.807) is 32.0 Å². The van der Waals surface area contributed by atoms with Crippen molar-refractivity contribution in [2.75, 3.05) is 10.6 Å². The van der Waals surface area contributed by atoms with Gasteiger partial charge in [0.05, 0.1) is 35.0 Å². The Morgan fingerprint density at radius 2 is 1.85 bits per heavy atom. The number of carbonyl (C=O) groups is 2. The molecule has 0 spiro atoms. The van der Waals surface area contributed by atoms with Gasteiger partial charge in [0.15, 0.2) is 11.5 Å². The largest absolute Gasteiger partial charge is 0.310 e. The van der Waals surface area contributed by atoms with Crippen molar-refractivity contribution in [3.8, 4) is 11.5 Å². The van der Waals surface area contributed by atoms with Crippen molar-refractivity contribution in [1.82, 2.24) is 24.7 Å². The highest BCUT2D eigenvalue weighted by Gasteiger charge is 2.55. The molecule has 4 aromatic rings. The van der Waals surface area contributed by atoms with Crippen LogP contribution in [-0.2, 0) is 21.5 Å². The summed E-state index contributed by atoms with van der Waals surface area (Å²) < 4.78 is 29.9. The second kappa shape index (κ2) is 6.86. The number of pyridine rings is 1. The quantitative estimate of drug-likeness (QED) is 0.485. The molecule has 5 heterocycles. The lowest BCUT2D eigenvalue weighted by molar-refractivity contribution is -0.129. The molecule has 34 heavy (non-hydrogen) atoms. The van der Waals surface area contributed by atoms with E-state index in [0.29, 0.717) is 22.2 Å². The fourth-order valence-corrected chi connectivity index (χ4v) is 4.59. The molecule has 6 rings (SSSR count). The van der Waals surface area contributed by atoms with Crippen molar-refractivity contribution in [2.24, 2.45) is 5.92 Å². The molecular weight excluding hydrogens is 444 g/mol. The highest BCUT2D eigenvalue weighted by Crippen LogP contribution is 2.49. The highest BCUT2D eigenvalue weighted by molar-refractivity contribution is 6.14. The first-order valence-electron chi connectivity index (χ1n) is 10.6. The number of nitrogens with zero attached hydrogens (tertiary/aromatic N) is 5. The van der Waals surface area contributed by atoms with Gasteiger partial charge in [0.1, 0.15) is 29.0 Å². The first-order valence-corrected chi connectivity index (χ1v) is 10.6. The Bertz CT molecular complexity index is 1550. The van der Waals surface area contributed by atoms with Crippen LogP contribution in [0, 0.1) is 17.6 Å². The third-order valence-electron chi connectivity index (χ3n) is 6.68. The van der Waals surface area contributed by atoms with Gasteiger partial charge in [-0.1, -0.05) is 25.1 Å². The lowest BCUT2D eigenvalue weighted by Gasteiger charge is -2.33. The Balaban J connectivity index is 1.55. The highest BCUT2D eigenvalue weighted by atomic mass is 19.1. The smallest absolute Gasteiger partial charge is 0.237 e. The van der Waals surface area contributed by atoms with Gasteiger partial charge in [0.2, 0.25) is 11.8 Å². The van der Waals surface area contributed by atoms with Crippen molar-refractivity contribution in [1.29, 1.82) is 0 Å². The number of anilines is 2. The Morgan fingerprint density at radius 3 is 2.62 bits per heavy atom. The Labute approximate surface area is 191 Å². The Hall–Kier alpha value is -4.28. The topological polar surface area (TPSA) is 115 Å². The number of fused-ring (bicyclic) bond motifs is 1. The zero-order valence-corrected chi connectivity index (χ0v) is 18.1. The van der Waals surface area contributed by atoms with Gasteiger partial charge < -0.3 is 10.6 Å². The average Bonchev–Trinajstić information content (AvgIpc) is 3.28. The minimum absolute atomic E-state index is 0.0443. The van der Waals surface area contributed by atoms with E-state index in [1.807, 2.05) is 0 Å². The van der Waals surface area contributed by atoms with E-state index in [-0.39, 0.29) is 41.5 Å². The first-order chi connectivity index (χ1) is 16.3. The van der Waals surface area contributed by atoms with Gasteiger partial charge in [-0.3, -0.25) is 9.59 Å². The van der Waals surface area contributed by atoms with Gasteiger partial charge in [-0.25, -0.2) is 28.4 Å². The van der Waals surface area contributed by atoms with Crippen LogP contribution in [-0.4, -0.2) is 36.5 Å². The van der Waals surface area contributed by atoms with Crippen LogP contribution in [0.25, 0.3) is 22.6 Å². The standard InChI is InChI=1S/C23H17F2N7O2/c1-10-21(33)29-17-15-18(30-22(34)23(10,15)2)28-19(27-17)16-13-7-12(24)8-26-20(13)32(31-16)9-11-5-3-4-6-14(11)25/h3-8,10H,9H2,1-2H3,(H2,27,28,29,30,33,34)/t10-,23-/m0/s1. The van der Waals surface area contributed by atoms with Gasteiger partial charge in [-0.15, -0.1) is 0 Å². The van der Waals surface area contributed by atoms with Crippen LogP contribution >= 0.6 is 0 Å². The minimum atomic E-state index is -1.11. The summed E-state index contributed by atoms with van der Waals surface area (Å²) in [6.45, 7) is 3.40. The molecule has 170 valence electrons. The molecule has 2 N–H and O–H groups in total. The summed E-state index contributed by atoms with van der Waals surface area (Å²) in [6.07, 6.45) is 1.05. The maximum atomic E-state index is 14.3. The molecule has 11 heteroatoms. The van der Waals surface area contributed by atoms with Crippen molar-refractivity contribution in [3.63, 3.8) is 0 Å².